The van der Waals surface area contributed by atoms with Gasteiger partial charge in [-0.25, -0.2) is 0 Å². The summed E-state index contributed by atoms with van der Waals surface area (Å²) >= 11 is 6.20. The third kappa shape index (κ3) is 2.99. The molecule has 7 heteroatoms. The maximum absolute atomic E-state index is 12.8. The lowest BCUT2D eigenvalue weighted by Gasteiger charge is -2.28. The van der Waals surface area contributed by atoms with Crippen molar-refractivity contribution in [3.63, 3.8) is 0 Å². The first-order valence-electron chi connectivity index (χ1n) is 8.97. The number of rotatable bonds is 3. The molecule has 0 unspecified atom stereocenters. The van der Waals surface area contributed by atoms with E-state index in [-0.39, 0.29) is 24.2 Å². The van der Waals surface area contributed by atoms with Gasteiger partial charge in [0.1, 0.15) is 11.3 Å². The summed E-state index contributed by atoms with van der Waals surface area (Å²) in [5.41, 5.74) is 3.41. The number of hydrogen-bond acceptors (Lipinski definition) is 4. The van der Waals surface area contributed by atoms with E-state index in [0.717, 1.165) is 16.5 Å². The van der Waals surface area contributed by atoms with Crippen LogP contribution in [0, 0.1) is 13.8 Å². The Morgan fingerprint density at radius 2 is 2.04 bits per heavy atom. The number of nitrogens with zero attached hydrogens (tertiary/aromatic N) is 1. The molecule has 0 radical (unpaired) electrons. The first kappa shape index (κ1) is 18.4. The number of anilines is 2. The van der Waals surface area contributed by atoms with Gasteiger partial charge in [-0.1, -0.05) is 11.6 Å². The summed E-state index contributed by atoms with van der Waals surface area (Å²) in [6.45, 7) is 6.14. The molecule has 2 heterocycles. The van der Waals surface area contributed by atoms with Crippen LogP contribution in [0.2, 0.25) is 5.02 Å². The Bertz CT molecular complexity index is 1120. The van der Waals surface area contributed by atoms with E-state index in [0.29, 0.717) is 34.3 Å². The number of carbonyl (C=O) groups is 2. The average Bonchev–Trinajstić information content (AvgIpc) is 2.98. The number of nitrogens with one attached hydrogen (secondary N) is 1. The van der Waals surface area contributed by atoms with E-state index in [1.165, 1.54) is 0 Å². The molecule has 2 amide bonds. The molecule has 0 fully saturated rings. The van der Waals surface area contributed by atoms with E-state index >= 15 is 0 Å². The van der Waals surface area contributed by atoms with E-state index in [2.05, 4.69) is 5.32 Å². The van der Waals surface area contributed by atoms with Gasteiger partial charge in [-0.3, -0.25) is 9.59 Å². The zero-order valence-corrected chi connectivity index (χ0v) is 16.5. The predicted octanol–water partition coefficient (Wildman–Crippen LogP) is 4.70. The summed E-state index contributed by atoms with van der Waals surface area (Å²) in [5, 5.41) is 4.27. The Kier molecular flexibility index (Phi) is 4.51. The Morgan fingerprint density at radius 1 is 1.25 bits per heavy atom. The van der Waals surface area contributed by atoms with Crippen molar-refractivity contribution in [2.45, 2.75) is 20.8 Å². The number of carbonyl (C=O) groups excluding carboxylic acids is 2. The third-order valence-corrected chi connectivity index (χ3v) is 5.31. The predicted molar refractivity (Wildman–Crippen MR) is 109 cm³/mol. The maximum atomic E-state index is 12.8. The number of ether oxygens (including phenoxy) is 1. The molecule has 0 saturated heterocycles. The van der Waals surface area contributed by atoms with Crippen molar-refractivity contribution in [1.82, 2.24) is 0 Å². The smallest absolute Gasteiger partial charge is 0.291 e. The molecule has 1 aliphatic heterocycles. The first-order valence-corrected chi connectivity index (χ1v) is 9.34. The zero-order chi connectivity index (χ0) is 20.0. The second-order valence-electron chi connectivity index (χ2n) is 6.72. The first-order chi connectivity index (χ1) is 13.4. The van der Waals surface area contributed by atoms with Crippen LogP contribution in [0.1, 0.15) is 28.6 Å². The SMILES string of the molecule is CCN1C(=O)COc2ccc(NC(=O)c3oc4cc(C)c(Cl)cc4c3C)cc21. The molecule has 1 N–H and O–H groups in total. The molecule has 0 aliphatic carbocycles. The molecule has 1 aliphatic rings. The van der Waals surface area contributed by atoms with E-state index < -0.39 is 0 Å². The minimum absolute atomic E-state index is 0.0205. The van der Waals surface area contributed by atoms with Crippen LogP contribution in [0.5, 0.6) is 5.75 Å². The maximum Gasteiger partial charge on any atom is 0.291 e. The van der Waals surface area contributed by atoms with Crippen LogP contribution in [-0.4, -0.2) is 25.0 Å². The number of halogens is 1. The van der Waals surface area contributed by atoms with Crippen molar-refractivity contribution >= 4 is 45.8 Å². The Labute approximate surface area is 167 Å². The van der Waals surface area contributed by atoms with Crippen LogP contribution in [0.25, 0.3) is 11.0 Å². The van der Waals surface area contributed by atoms with Crippen LogP contribution < -0.4 is 15.0 Å². The zero-order valence-electron chi connectivity index (χ0n) is 15.8. The highest BCUT2D eigenvalue weighted by molar-refractivity contribution is 6.32. The summed E-state index contributed by atoms with van der Waals surface area (Å²) in [6.07, 6.45) is 0. The van der Waals surface area contributed by atoms with Crippen molar-refractivity contribution in [2.75, 3.05) is 23.4 Å². The van der Waals surface area contributed by atoms with Gasteiger partial charge in [-0.15, -0.1) is 0 Å². The average molecular weight is 399 g/mol. The van der Waals surface area contributed by atoms with Gasteiger partial charge in [-0.05, 0) is 56.7 Å². The van der Waals surface area contributed by atoms with Crippen LogP contribution in [0.15, 0.2) is 34.7 Å². The largest absolute Gasteiger partial charge is 0.482 e. The minimum atomic E-state index is -0.367. The topological polar surface area (TPSA) is 71.8 Å². The number of benzene rings is 2. The highest BCUT2D eigenvalue weighted by Crippen LogP contribution is 2.35. The molecule has 0 atom stereocenters. The van der Waals surface area contributed by atoms with Crippen LogP contribution in [0.3, 0.4) is 0 Å². The van der Waals surface area contributed by atoms with E-state index in [1.807, 2.05) is 32.9 Å². The number of amides is 2. The number of hydrogen-bond donors (Lipinski definition) is 1. The molecule has 0 saturated carbocycles. The summed E-state index contributed by atoms with van der Waals surface area (Å²) in [6, 6.07) is 8.84. The van der Waals surface area contributed by atoms with Crippen LogP contribution >= 0.6 is 11.6 Å². The fourth-order valence-electron chi connectivity index (χ4n) is 3.37. The Morgan fingerprint density at radius 3 is 2.79 bits per heavy atom. The summed E-state index contributed by atoms with van der Waals surface area (Å²) in [7, 11) is 0. The second-order valence-corrected chi connectivity index (χ2v) is 7.12. The van der Waals surface area contributed by atoms with Gasteiger partial charge >= 0.3 is 0 Å². The van der Waals surface area contributed by atoms with Crippen molar-refractivity contribution < 1.29 is 18.7 Å². The van der Waals surface area contributed by atoms with Gasteiger partial charge in [0.15, 0.2) is 12.4 Å². The molecule has 3 aromatic rings. The van der Waals surface area contributed by atoms with Crippen LogP contribution in [-0.2, 0) is 4.79 Å². The fourth-order valence-corrected chi connectivity index (χ4v) is 3.54. The highest BCUT2D eigenvalue weighted by atomic mass is 35.5. The van der Waals surface area contributed by atoms with Gasteiger partial charge in [0, 0.05) is 28.2 Å². The van der Waals surface area contributed by atoms with Gasteiger partial charge in [0.25, 0.3) is 11.8 Å². The number of furan rings is 1. The normalized spacial score (nSPS) is 13.4. The van der Waals surface area contributed by atoms with Crippen molar-refractivity contribution in [3.8, 4) is 5.75 Å². The van der Waals surface area contributed by atoms with Gasteiger partial charge in [-0.2, -0.15) is 0 Å². The quantitative estimate of drug-likeness (QED) is 0.694. The molecule has 1 aromatic heterocycles. The third-order valence-electron chi connectivity index (χ3n) is 4.90. The second kappa shape index (κ2) is 6.87. The molecular formula is C21H19ClN2O4. The van der Waals surface area contributed by atoms with Crippen molar-refractivity contribution in [2.24, 2.45) is 0 Å². The van der Waals surface area contributed by atoms with Gasteiger partial charge in [0.05, 0.1) is 5.69 Å². The van der Waals surface area contributed by atoms with Crippen molar-refractivity contribution in [3.05, 3.63) is 52.2 Å². The van der Waals surface area contributed by atoms with E-state index in [1.54, 1.807) is 23.1 Å². The van der Waals surface area contributed by atoms with Crippen LogP contribution in [0.4, 0.5) is 11.4 Å². The summed E-state index contributed by atoms with van der Waals surface area (Å²) < 4.78 is 11.2. The molecular weight excluding hydrogens is 380 g/mol. The lowest BCUT2D eigenvalue weighted by Crippen LogP contribution is -2.38. The van der Waals surface area contributed by atoms with E-state index in [4.69, 9.17) is 20.8 Å². The fraction of sp³-hybridized carbons (Fsp3) is 0.238. The monoisotopic (exact) mass is 398 g/mol. The van der Waals surface area contributed by atoms with Crippen molar-refractivity contribution in [1.29, 1.82) is 0 Å². The summed E-state index contributed by atoms with van der Waals surface area (Å²) in [4.78, 5) is 26.5. The molecule has 0 spiro atoms. The molecule has 4 rings (SSSR count). The number of fused-ring (bicyclic) bond motifs is 2. The van der Waals surface area contributed by atoms with E-state index in [9.17, 15) is 9.59 Å². The minimum Gasteiger partial charge on any atom is -0.482 e. The standard InChI is InChI=1S/C21H19ClN2O4/c1-4-24-16-8-13(5-6-17(16)27-10-19(24)25)23-21(26)20-12(3)14-9-15(22)11(2)7-18(14)28-20/h5-9H,4,10H2,1-3H3,(H,23,26). The highest BCUT2D eigenvalue weighted by Gasteiger charge is 2.25. The number of aryl methyl sites for hydroxylation is 2. The lowest BCUT2D eigenvalue weighted by atomic mass is 10.1. The lowest BCUT2D eigenvalue weighted by molar-refractivity contribution is -0.121. The number of likely N-dealkylation sites (N-methyl/N-ethyl adjacent to an activating group) is 1. The summed E-state index contributed by atoms with van der Waals surface area (Å²) in [5.74, 6) is 0.367. The van der Waals surface area contributed by atoms with Gasteiger partial charge in [0.2, 0.25) is 0 Å². The van der Waals surface area contributed by atoms with Gasteiger partial charge < -0.3 is 19.4 Å². The Hall–Kier alpha value is -2.99. The molecule has 6 nitrogen and oxygen atoms in total. The molecule has 2 aromatic carbocycles. The molecule has 28 heavy (non-hydrogen) atoms. The molecule has 0 bridgehead atoms. The Balaban J connectivity index is 1.66. The molecule has 144 valence electrons.